The molecule has 0 aliphatic carbocycles. The molecular weight excluding hydrogens is 304 g/mol. The van der Waals surface area contributed by atoms with Gasteiger partial charge in [0.05, 0.1) is 0 Å². The Hall–Kier alpha value is -2.19. The van der Waals surface area contributed by atoms with Crippen LogP contribution in [-0.2, 0) is 12.8 Å². The molecule has 1 atom stereocenters. The highest BCUT2D eigenvalue weighted by Crippen LogP contribution is 2.25. The quantitative estimate of drug-likeness (QED) is 0.617. The highest BCUT2D eigenvalue weighted by Gasteiger charge is 2.14. The monoisotopic (exact) mass is 322 g/mol. The van der Waals surface area contributed by atoms with Crippen molar-refractivity contribution in [2.24, 2.45) is 0 Å². The average molecular weight is 323 g/mol. The van der Waals surface area contributed by atoms with Crippen molar-refractivity contribution in [2.45, 2.75) is 25.7 Å². The number of nitrogens with zero attached hydrogens (tertiary/aromatic N) is 2. The van der Waals surface area contributed by atoms with Gasteiger partial charge in [0.2, 0.25) is 0 Å². The molecule has 23 heavy (non-hydrogen) atoms. The van der Waals surface area contributed by atoms with Crippen molar-refractivity contribution >= 4 is 11.6 Å². The predicted molar refractivity (Wildman–Crippen MR) is 94.8 cm³/mol. The van der Waals surface area contributed by atoms with Gasteiger partial charge in [-0.15, -0.1) is 0 Å². The fraction of sp³-hybridized carbons (Fsp3) is 0.200. The van der Waals surface area contributed by atoms with Crippen LogP contribution >= 0.6 is 11.6 Å². The summed E-state index contributed by atoms with van der Waals surface area (Å²) < 4.78 is 0. The first kappa shape index (κ1) is 15.7. The predicted octanol–water partition coefficient (Wildman–Crippen LogP) is 5.01. The van der Waals surface area contributed by atoms with E-state index in [2.05, 4.69) is 71.5 Å². The van der Waals surface area contributed by atoms with Crippen LogP contribution in [0.25, 0.3) is 0 Å². The Balaban J connectivity index is 1.87. The smallest absolute Gasteiger partial charge is 0.132 e. The van der Waals surface area contributed by atoms with Crippen LogP contribution in [0.1, 0.15) is 28.3 Å². The van der Waals surface area contributed by atoms with Crippen molar-refractivity contribution in [1.29, 1.82) is 0 Å². The van der Waals surface area contributed by atoms with Gasteiger partial charge in [0.1, 0.15) is 11.5 Å². The molecule has 0 amide bonds. The van der Waals surface area contributed by atoms with Crippen LogP contribution in [0.15, 0.2) is 67.0 Å². The largest absolute Gasteiger partial charge is 0.241 e. The molecule has 0 aliphatic rings. The lowest BCUT2D eigenvalue weighted by atomic mass is 9.88. The first-order valence-corrected chi connectivity index (χ1v) is 8.15. The van der Waals surface area contributed by atoms with Crippen LogP contribution in [-0.4, -0.2) is 9.97 Å². The molecule has 1 aromatic heterocycles. The minimum Gasteiger partial charge on any atom is -0.241 e. The molecule has 2 nitrogen and oxygen atoms in total. The molecular formula is C20H19ClN2. The highest BCUT2D eigenvalue weighted by molar-refractivity contribution is 6.29. The van der Waals surface area contributed by atoms with Crippen molar-refractivity contribution in [3.63, 3.8) is 0 Å². The number of hydrogen-bond donors (Lipinski definition) is 0. The Bertz CT molecular complexity index is 754. The molecule has 0 spiro atoms. The SMILES string of the molecule is Cc1ccc(C(Cc2ccccc2)Cc2cc(Cl)ncn2)cc1. The summed E-state index contributed by atoms with van der Waals surface area (Å²) in [5, 5.41) is 0.498. The van der Waals surface area contributed by atoms with Crippen molar-refractivity contribution in [2.75, 3.05) is 0 Å². The van der Waals surface area contributed by atoms with Gasteiger partial charge < -0.3 is 0 Å². The van der Waals surface area contributed by atoms with E-state index in [0.717, 1.165) is 18.5 Å². The van der Waals surface area contributed by atoms with Crippen LogP contribution in [0.2, 0.25) is 5.15 Å². The molecule has 3 aromatic rings. The van der Waals surface area contributed by atoms with Gasteiger partial charge in [-0.3, -0.25) is 0 Å². The van der Waals surface area contributed by atoms with Gasteiger partial charge >= 0.3 is 0 Å². The summed E-state index contributed by atoms with van der Waals surface area (Å²) in [6.07, 6.45) is 3.36. The van der Waals surface area contributed by atoms with Crippen molar-refractivity contribution < 1.29 is 0 Å². The molecule has 3 rings (SSSR count). The molecule has 0 N–H and O–H groups in total. The number of aryl methyl sites for hydroxylation is 1. The van der Waals surface area contributed by atoms with Gasteiger partial charge in [0.25, 0.3) is 0 Å². The molecule has 2 aromatic carbocycles. The van der Waals surface area contributed by atoms with Crippen LogP contribution in [0.4, 0.5) is 0 Å². The van der Waals surface area contributed by atoms with E-state index in [9.17, 15) is 0 Å². The van der Waals surface area contributed by atoms with Gasteiger partial charge in [-0.05, 0) is 42.9 Å². The van der Waals surface area contributed by atoms with Gasteiger partial charge in [-0.25, -0.2) is 9.97 Å². The molecule has 1 unspecified atom stereocenters. The minimum atomic E-state index is 0.365. The second-order valence-electron chi connectivity index (χ2n) is 5.83. The van der Waals surface area contributed by atoms with Gasteiger partial charge in [-0.1, -0.05) is 71.8 Å². The second-order valence-corrected chi connectivity index (χ2v) is 6.22. The first-order chi connectivity index (χ1) is 11.2. The summed E-state index contributed by atoms with van der Waals surface area (Å²) in [6, 6.07) is 21.2. The molecule has 0 saturated carbocycles. The first-order valence-electron chi connectivity index (χ1n) is 7.77. The maximum atomic E-state index is 6.00. The average Bonchev–Trinajstić information content (AvgIpc) is 2.56. The van der Waals surface area contributed by atoms with Crippen molar-refractivity contribution in [3.05, 3.63) is 94.5 Å². The number of aromatic nitrogens is 2. The summed E-state index contributed by atoms with van der Waals surface area (Å²) in [4.78, 5) is 8.34. The Morgan fingerprint density at radius 3 is 2.35 bits per heavy atom. The number of hydrogen-bond acceptors (Lipinski definition) is 2. The Labute approximate surface area is 142 Å². The molecule has 3 heteroatoms. The summed E-state index contributed by atoms with van der Waals surface area (Å²) in [7, 11) is 0. The second kappa shape index (κ2) is 7.38. The van der Waals surface area contributed by atoms with E-state index in [1.165, 1.54) is 23.0 Å². The highest BCUT2D eigenvalue weighted by atomic mass is 35.5. The molecule has 116 valence electrons. The Kier molecular flexibility index (Phi) is 5.04. The molecule has 0 radical (unpaired) electrons. The fourth-order valence-corrected chi connectivity index (χ4v) is 2.95. The van der Waals surface area contributed by atoms with E-state index in [1.54, 1.807) is 0 Å². The van der Waals surface area contributed by atoms with Crippen LogP contribution in [0, 0.1) is 6.92 Å². The van der Waals surface area contributed by atoms with E-state index in [-0.39, 0.29) is 0 Å². The third-order valence-corrected chi connectivity index (χ3v) is 4.23. The van der Waals surface area contributed by atoms with E-state index >= 15 is 0 Å². The van der Waals surface area contributed by atoms with Crippen LogP contribution in [0.5, 0.6) is 0 Å². The summed E-state index contributed by atoms with van der Waals surface area (Å²) in [5.41, 5.74) is 4.91. The maximum absolute atomic E-state index is 6.00. The van der Waals surface area contributed by atoms with Crippen molar-refractivity contribution in [1.82, 2.24) is 9.97 Å². The van der Waals surface area contributed by atoms with Gasteiger partial charge in [0, 0.05) is 5.69 Å². The fourth-order valence-electron chi connectivity index (χ4n) is 2.78. The lowest BCUT2D eigenvalue weighted by Gasteiger charge is -2.18. The third-order valence-electron chi connectivity index (χ3n) is 4.02. The Morgan fingerprint density at radius 1 is 0.913 bits per heavy atom. The summed E-state index contributed by atoms with van der Waals surface area (Å²) in [5.74, 6) is 0.365. The number of benzene rings is 2. The standard InChI is InChI=1S/C20H19ClN2/c1-15-7-9-17(10-8-15)18(11-16-5-3-2-4-6-16)12-19-13-20(21)23-14-22-19/h2-10,13-14,18H,11-12H2,1H3. The number of halogens is 1. The van der Waals surface area contributed by atoms with E-state index < -0.39 is 0 Å². The van der Waals surface area contributed by atoms with Gasteiger partial charge in [0.15, 0.2) is 0 Å². The van der Waals surface area contributed by atoms with Crippen LogP contribution < -0.4 is 0 Å². The van der Waals surface area contributed by atoms with E-state index in [0.29, 0.717) is 11.1 Å². The Morgan fingerprint density at radius 2 is 1.65 bits per heavy atom. The van der Waals surface area contributed by atoms with E-state index in [4.69, 9.17) is 11.6 Å². The summed E-state index contributed by atoms with van der Waals surface area (Å²) >= 11 is 6.00. The van der Waals surface area contributed by atoms with Crippen molar-refractivity contribution in [3.8, 4) is 0 Å². The molecule has 0 fully saturated rings. The lowest BCUT2D eigenvalue weighted by Crippen LogP contribution is -2.08. The maximum Gasteiger partial charge on any atom is 0.132 e. The van der Waals surface area contributed by atoms with Crippen LogP contribution in [0.3, 0.4) is 0 Å². The minimum absolute atomic E-state index is 0.365. The summed E-state index contributed by atoms with van der Waals surface area (Å²) in [6.45, 7) is 2.11. The topological polar surface area (TPSA) is 25.8 Å². The van der Waals surface area contributed by atoms with E-state index in [1.807, 2.05) is 6.07 Å². The molecule has 0 saturated heterocycles. The third kappa shape index (κ3) is 4.40. The van der Waals surface area contributed by atoms with Gasteiger partial charge in [-0.2, -0.15) is 0 Å². The lowest BCUT2D eigenvalue weighted by molar-refractivity contribution is 0.666. The number of rotatable bonds is 5. The molecule has 1 heterocycles. The zero-order valence-corrected chi connectivity index (χ0v) is 13.9. The zero-order chi connectivity index (χ0) is 16.1. The molecule has 0 bridgehead atoms. The normalized spacial score (nSPS) is 12.1. The molecule has 0 aliphatic heterocycles. The zero-order valence-electron chi connectivity index (χ0n) is 13.1.